The number of carbonyl (C=O) groups is 2. The van der Waals surface area contributed by atoms with Gasteiger partial charge in [-0.3, -0.25) is 13.9 Å². The third-order valence-corrected chi connectivity index (χ3v) is 9.51. The van der Waals surface area contributed by atoms with Crippen molar-refractivity contribution < 1.29 is 22.7 Å². The van der Waals surface area contributed by atoms with Gasteiger partial charge < -0.3 is 15.0 Å². The predicted molar refractivity (Wildman–Crippen MR) is 168 cm³/mol. The number of halogens is 3. The van der Waals surface area contributed by atoms with Gasteiger partial charge in [-0.1, -0.05) is 60.8 Å². The molecule has 3 aromatic carbocycles. The second-order valence-electron chi connectivity index (χ2n) is 9.68. The van der Waals surface area contributed by atoms with E-state index in [2.05, 4.69) is 5.32 Å². The third kappa shape index (κ3) is 8.31. The lowest BCUT2D eigenvalue weighted by Crippen LogP contribution is -2.53. The zero-order chi connectivity index (χ0) is 31.0. The van der Waals surface area contributed by atoms with Crippen molar-refractivity contribution in [1.82, 2.24) is 10.2 Å². The Morgan fingerprint density at radius 2 is 1.62 bits per heavy atom. The van der Waals surface area contributed by atoms with Crippen molar-refractivity contribution in [3.8, 4) is 5.75 Å². The van der Waals surface area contributed by atoms with Gasteiger partial charge in [0, 0.05) is 17.6 Å². The van der Waals surface area contributed by atoms with Crippen molar-refractivity contribution in [2.45, 2.75) is 57.1 Å². The number of carbonyl (C=O) groups excluding carboxylic acids is 2. The molecule has 0 radical (unpaired) electrons. The van der Waals surface area contributed by atoms with E-state index in [0.717, 1.165) is 4.31 Å². The fourth-order valence-electron chi connectivity index (χ4n) is 4.23. The van der Waals surface area contributed by atoms with Gasteiger partial charge in [-0.15, -0.1) is 0 Å². The van der Waals surface area contributed by atoms with Crippen molar-refractivity contribution in [2.75, 3.05) is 18.0 Å². The van der Waals surface area contributed by atoms with Gasteiger partial charge in [0.2, 0.25) is 11.8 Å². The molecule has 42 heavy (non-hydrogen) atoms. The Morgan fingerprint density at radius 3 is 2.19 bits per heavy atom. The molecular weight excluding hydrogens is 621 g/mol. The molecule has 12 heteroatoms. The average molecular weight is 655 g/mol. The molecule has 3 aromatic rings. The molecule has 0 aromatic heterocycles. The maximum atomic E-state index is 14.1. The van der Waals surface area contributed by atoms with Crippen molar-refractivity contribution in [3.05, 3.63) is 87.4 Å². The van der Waals surface area contributed by atoms with Gasteiger partial charge in [-0.05, 0) is 79.9 Å². The molecule has 0 unspecified atom stereocenters. The summed E-state index contributed by atoms with van der Waals surface area (Å²) >= 11 is 18.6. The number of hydrogen-bond acceptors (Lipinski definition) is 5. The van der Waals surface area contributed by atoms with E-state index in [1.807, 2.05) is 13.8 Å². The van der Waals surface area contributed by atoms with Crippen LogP contribution in [0, 0.1) is 0 Å². The molecule has 0 spiro atoms. The highest BCUT2D eigenvalue weighted by molar-refractivity contribution is 7.92. The molecule has 0 aliphatic carbocycles. The summed E-state index contributed by atoms with van der Waals surface area (Å²) in [5, 5.41) is 3.87. The highest BCUT2D eigenvalue weighted by atomic mass is 35.5. The van der Waals surface area contributed by atoms with Crippen molar-refractivity contribution >= 4 is 62.3 Å². The normalized spacial score (nSPS) is 12.7. The number of amides is 2. The molecule has 1 N–H and O–H groups in total. The van der Waals surface area contributed by atoms with E-state index in [1.165, 1.54) is 42.3 Å². The molecule has 3 rings (SSSR count). The molecule has 0 saturated carbocycles. The molecule has 226 valence electrons. The Balaban J connectivity index is 2.08. The fraction of sp³-hybridized carbons (Fsp3) is 0.333. The van der Waals surface area contributed by atoms with Crippen LogP contribution in [0.15, 0.2) is 71.6 Å². The van der Waals surface area contributed by atoms with Gasteiger partial charge in [0.25, 0.3) is 10.0 Å². The van der Waals surface area contributed by atoms with Crippen LogP contribution >= 0.6 is 34.8 Å². The number of methoxy groups -OCH3 is 1. The van der Waals surface area contributed by atoms with Crippen molar-refractivity contribution in [1.29, 1.82) is 0 Å². The van der Waals surface area contributed by atoms with Gasteiger partial charge in [-0.25, -0.2) is 8.42 Å². The van der Waals surface area contributed by atoms with Crippen LogP contribution in [-0.2, 0) is 26.2 Å². The van der Waals surface area contributed by atoms with E-state index < -0.39 is 28.5 Å². The van der Waals surface area contributed by atoms with Crippen molar-refractivity contribution in [2.24, 2.45) is 0 Å². The molecule has 2 atom stereocenters. The number of nitrogens with zero attached hydrogens (tertiary/aromatic N) is 2. The molecule has 0 fully saturated rings. The lowest BCUT2D eigenvalue weighted by atomic mass is 10.1. The number of hydrogen-bond donors (Lipinski definition) is 1. The first-order valence-corrected chi connectivity index (χ1v) is 15.9. The standard InChI is InChI=1S/C30H34Cl3N3O5S/c1-5-20(3)34-30(38)28(6-2)35(18-21-10-15-26(32)27(33)16-21)29(37)19-36(23-9-7-8-22(31)17-23)42(39,40)25-13-11-24(41-4)12-14-25/h7-17,20,28H,5-6,18-19H2,1-4H3,(H,34,38)/t20-,28+/m1/s1. The Hall–Kier alpha value is -2.98. The molecular formula is C30H34Cl3N3O5S. The van der Waals surface area contributed by atoms with Crippen LogP contribution in [0.1, 0.15) is 39.2 Å². The zero-order valence-corrected chi connectivity index (χ0v) is 26.9. The largest absolute Gasteiger partial charge is 0.497 e. The van der Waals surface area contributed by atoms with Gasteiger partial charge in [0.05, 0.1) is 27.7 Å². The first kappa shape index (κ1) is 33.5. The molecule has 2 amide bonds. The summed E-state index contributed by atoms with van der Waals surface area (Å²) in [5.74, 6) is -0.456. The third-order valence-electron chi connectivity index (χ3n) is 6.75. The summed E-state index contributed by atoms with van der Waals surface area (Å²) in [4.78, 5) is 28.8. The highest BCUT2D eigenvalue weighted by Crippen LogP contribution is 2.29. The number of rotatable bonds is 13. The van der Waals surface area contributed by atoms with E-state index in [-0.39, 0.29) is 35.5 Å². The van der Waals surface area contributed by atoms with Crippen LogP contribution in [0.5, 0.6) is 5.75 Å². The summed E-state index contributed by atoms with van der Waals surface area (Å²) in [6.07, 6.45) is 0.989. The molecule has 0 saturated heterocycles. The maximum absolute atomic E-state index is 14.1. The summed E-state index contributed by atoms with van der Waals surface area (Å²) in [6, 6.07) is 16.0. The van der Waals surface area contributed by atoms with E-state index in [1.54, 1.807) is 43.3 Å². The Bertz CT molecular complexity index is 1500. The van der Waals surface area contributed by atoms with Gasteiger partial charge in [0.15, 0.2) is 0 Å². The molecule has 0 aliphatic heterocycles. The Kier molecular flexibility index (Phi) is 11.9. The maximum Gasteiger partial charge on any atom is 0.264 e. The number of ether oxygens (including phenoxy) is 1. The van der Waals surface area contributed by atoms with E-state index >= 15 is 0 Å². The van der Waals surface area contributed by atoms with Gasteiger partial charge in [-0.2, -0.15) is 0 Å². The van der Waals surface area contributed by atoms with Gasteiger partial charge in [0.1, 0.15) is 18.3 Å². The van der Waals surface area contributed by atoms with E-state index in [9.17, 15) is 18.0 Å². The number of nitrogens with one attached hydrogen (secondary N) is 1. The monoisotopic (exact) mass is 653 g/mol. The van der Waals surface area contributed by atoms with Crippen LogP contribution < -0.4 is 14.4 Å². The highest BCUT2D eigenvalue weighted by Gasteiger charge is 2.34. The van der Waals surface area contributed by atoms with Gasteiger partial charge >= 0.3 is 0 Å². The number of anilines is 1. The quantitative estimate of drug-likeness (QED) is 0.225. The fourth-order valence-corrected chi connectivity index (χ4v) is 6.14. The Morgan fingerprint density at radius 1 is 0.929 bits per heavy atom. The molecule has 8 nitrogen and oxygen atoms in total. The average Bonchev–Trinajstić information content (AvgIpc) is 2.97. The summed E-state index contributed by atoms with van der Waals surface area (Å²) in [7, 11) is -2.78. The second-order valence-corrected chi connectivity index (χ2v) is 12.8. The summed E-state index contributed by atoms with van der Waals surface area (Å²) in [6.45, 7) is 5.01. The van der Waals surface area contributed by atoms with Crippen LogP contribution in [0.4, 0.5) is 5.69 Å². The van der Waals surface area contributed by atoms with Crippen LogP contribution in [-0.4, -0.2) is 50.9 Å². The second kappa shape index (κ2) is 15.0. The van der Waals surface area contributed by atoms with Crippen LogP contribution in [0.2, 0.25) is 15.1 Å². The minimum atomic E-state index is -4.25. The molecule has 0 aliphatic rings. The number of sulfonamides is 1. The first-order valence-electron chi connectivity index (χ1n) is 13.4. The lowest BCUT2D eigenvalue weighted by Gasteiger charge is -2.33. The van der Waals surface area contributed by atoms with Crippen LogP contribution in [0.25, 0.3) is 0 Å². The summed E-state index contributed by atoms with van der Waals surface area (Å²) < 4.78 is 34.1. The zero-order valence-electron chi connectivity index (χ0n) is 23.8. The summed E-state index contributed by atoms with van der Waals surface area (Å²) in [5.41, 5.74) is 0.818. The first-order chi connectivity index (χ1) is 19.9. The SMILES string of the molecule is CC[C@@H](C)NC(=O)[C@H](CC)N(Cc1ccc(Cl)c(Cl)c1)C(=O)CN(c1cccc(Cl)c1)S(=O)(=O)c1ccc(OC)cc1. The van der Waals surface area contributed by atoms with E-state index in [0.29, 0.717) is 32.8 Å². The topological polar surface area (TPSA) is 96.0 Å². The lowest BCUT2D eigenvalue weighted by molar-refractivity contribution is -0.140. The van der Waals surface area contributed by atoms with Crippen molar-refractivity contribution in [3.63, 3.8) is 0 Å². The van der Waals surface area contributed by atoms with Crippen LogP contribution in [0.3, 0.4) is 0 Å². The predicted octanol–water partition coefficient (Wildman–Crippen LogP) is 6.57. The van der Waals surface area contributed by atoms with E-state index in [4.69, 9.17) is 39.5 Å². The smallest absolute Gasteiger partial charge is 0.264 e. The molecule has 0 heterocycles. The molecule has 0 bridgehead atoms. The minimum Gasteiger partial charge on any atom is -0.497 e. The number of benzene rings is 3. The Labute approximate surface area is 262 Å². The minimum absolute atomic E-state index is 0.00583.